The van der Waals surface area contributed by atoms with Gasteiger partial charge in [-0.2, -0.15) is 0 Å². The van der Waals surface area contributed by atoms with Crippen LogP contribution in [0.4, 0.5) is 0 Å². The minimum atomic E-state index is -1.11. The molecule has 10 heterocycles. The minimum absolute atomic E-state index is 0.0113. The van der Waals surface area contributed by atoms with Crippen molar-refractivity contribution in [2.24, 2.45) is 56.1 Å². The Kier molecular flexibility index (Phi) is 16.7. The number of aromatic hydroxyl groups is 3. The maximum absolute atomic E-state index is 14.6. The van der Waals surface area contributed by atoms with Gasteiger partial charge in [0, 0.05) is 117 Å². The number of aliphatic hydroxyl groups excluding tert-OH is 1. The number of fused-ring (bicyclic) bond motifs is 13. The number of phenolic OH excluding ortho intramolecular Hbond substituents is 3. The molecule has 3 spiro atoms. The Labute approximate surface area is 603 Å². The molecule has 3 aromatic heterocycles. The lowest BCUT2D eigenvalue weighted by Crippen LogP contribution is -2.82. The summed E-state index contributed by atoms with van der Waals surface area (Å²) >= 11 is 0. The van der Waals surface area contributed by atoms with Crippen LogP contribution in [0.25, 0.3) is 10.9 Å². The first kappa shape index (κ1) is 66.4. The molecular weight excluding hydrogens is 1290 g/mol. The number of aromatic nitrogens is 3. The Morgan fingerprint density at radius 2 is 1.83 bits per heavy atom. The number of aromatic amines is 1. The number of aryl methyl sites for hydroxylation is 1. The van der Waals surface area contributed by atoms with E-state index >= 15 is 0 Å². The molecule has 12 aliphatic rings. The van der Waals surface area contributed by atoms with Gasteiger partial charge in [-0.15, -0.1) is 11.8 Å². The molecule has 0 unspecified atom stereocenters. The lowest BCUT2D eigenvalue weighted by molar-refractivity contribution is -0.174. The van der Waals surface area contributed by atoms with Crippen molar-refractivity contribution in [3.8, 4) is 52.4 Å². The van der Waals surface area contributed by atoms with Crippen LogP contribution >= 0.6 is 0 Å². The van der Waals surface area contributed by atoms with E-state index in [0.29, 0.717) is 99.9 Å². The van der Waals surface area contributed by atoms with Crippen LogP contribution in [0.1, 0.15) is 186 Å². The summed E-state index contributed by atoms with van der Waals surface area (Å²) in [5, 5.41) is 71.7. The summed E-state index contributed by atoms with van der Waals surface area (Å²) in [5.41, 5.74) is 13.5. The molecule has 3 aromatic carbocycles. The van der Waals surface area contributed by atoms with Crippen molar-refractivity contribution in [2.75, 3.05) is 26.2 Å². The van der Waals surface area contributed by atoms with Gasteiger partial charge >= 0.3 is 5.97 Å². The first-order valence-corrected chi connectivity index (χ1v) is 38.5. The minimum Gasteiger partial charge on any atom is -0.504 e. The van der Waals surface area contributed by atoms with Gasteiger partial charge in [-0.25, -0.2) is 0 Å². The van der Waals surface area contributed by atoms with Crippen molar-refractivity contribution in [2.45, 2.75) is 209 Å². The monoisotopic (exact) mass is 1390 g/mol. The van der Waals surface area contributed by atoms with E-state index in [1.165, 1.54) is 53.8 Å². The molecule has 19 nitrogen and oxygen atoms in total. The molecule has 103 heavy (non-hydrogen) atoms. The normalized spacial score (nSPS) is 34.9. The van der Waals surface area contributed by atoms with Crippen LogP contribution in [0, 0.1) is 69.0 Å². The number of dihydropyridines is 1. The van der Waals surface area contributed by atoms with E-state index in [2.05, 4.69) is 114 Å². The van der Waals surface area contributed by atoms with Gasteiger partial charge in [0.2, 0.25) is 5.75 Å². The highest BCUT2D eigenvalue weighted by atomic mass is 16.6. The molecule has 7 aliphatic heterocycles. The number of pyridine rings is 1. The molecule has 6 aromatic rings. The molecule has 4 saturated carbocycles. The van der Waals surface area contributed by atoms with Crippen molar-refractivity contribution in [3.05, 3.63) is 154 Å². The SMILES string of the molecule is CCN[C@@H]1c2c3cccc2[C@H]2CC4(CCCC4)[C@@](CC4=CCNC(N)=C4)(CN=C4N[C@@H]5n6cc7[nH]ccc7c6CC[C@@]56[C@H](O)N[C@@H]5CCCC[C@@H]5C#CC[C@@]5([C@H]7C[C@@H](OC(C)=O)C[C@@H](c8cc(O)c(O)c(OCCc9cccnc9)c8)O7)CC#C[C@@H]7[C@@H](C[C@@H](C3)C[C@@]76N4)Oc3cc(ccc3O)C5)[C@H]21. The van der Waals surface area contributed by atoms with Gasteiger partial charge in [-0.1, -0.05) is 80.9 Å². The number of phenols is 3. The second-order valence-electron chi connectivity index (χ2n) is 32.7. The summed E-state index contributed by atoms with van der Waals surface area (Å²) in [4.78, 5) is 27.5. The quantitative estimate of drug-likeness (QED) is 0.0327. The van der Waals surface area contributed by atoms with E-state index in [0.717, 1.165) is 86.4 Å². The highest BCUT2D eigenvalue weighted by Gasteiger charge is 2.72. The molecule has 19 heteroatoms. The van der Waals surface area contributed by atoms with Crippen molar-refractivity contribution in [3.63, 3.8) is 0 Å². The van der Waals surface area contributed by atoms with Crippen LogP contribution in [0.2, 0.25) is 0 Å². The summed E-state index contributed by atoms with van der Waals surface area (Å²) in [5.74, 6) is 16.3. The number of guanidine groups is 1. The number of ether oxygens (including phenoxy) is 4. The van der Waals surface area contributed by atoms with Crippen LogP contribution in [0.15, 0.2) is 120 Å². The summed E-state index contributed by atoms with van der Waals surface area (Å²) in [6, 6.07) is 22.1. The average Bonchev–Trinajstić information content (AvgIpc) is 1.62. The standard InChI is InChI=1S/C84H98N10O9/c1-3-87-75-73-55-14-8-16-58(73)60-45-81(27-6-7-28-81)82(74(60)75,43-52-22-31-89-72(85)37-52)48-90-79-92-77-83(29-21-64-59-23-32-88-63(59)47-94(64)77)78(99)91-62-18-5-4-13-54(62)15-9-25-80(26-10-17-61-68(36-53(34-55)44-84(61,83)93-79)102-69-35-51(42-80)19-20-65(69)96)71-41-57(101-49(2)95)40-67(103-71)56-38-66(97)76(98)70(39-56)100-33-24-50-12-11-30-86-46-50/h8,11-12,14,16,19-20,22-23,30,32,35,37-39,46-47,53-54,57,60-62,67-68,71,74-75,77-78,87-89,91,96-99H,3-7,13,18,21,24-29,31,33-34,36,40-45,48,85H2,1-2H3,(H2,90,92,93)/t53-,54-,57+,60-,61-,62-,67+,68-,71-,74-,75-,77-,78+,80-,82+,83+,84-/m1/s1. The maximum Gasteiger partial charge on any atom is 0.302 e. The largest absolute Gasteiger partial charge is 0.504 e. The number of nitrogens with two attached hydrogens (primary N) is 1. The number of allylic oxidation sites excluding steroid dienone is 2. The predicted molar refractivity (Wildman–Crippen MR) is 391 cm³/mol. The number of rotatable bonds is 11. The molecular formula is C84H98N10O9. The first-order valence-electron chi connectivity index (χ1n) is 38.5. The van der Waals surface area contributed by atoms with Gasteiger partial charge in [0.1, 0.15) is 24.6 Å². The van der Waals surface area contributed by atoms with Gasteiger partial charge in [0.05, 0.1) is 47.0 Å². The van der Waals surface area contributed by atoms with Crippen molar-refractivity contribution < 1.29 is 44.2 Å². The molecule has 0 amide bonds. The fourth-order valence-electron chi connectivity index (χ4n) is 23.1. The topological polar surface area (TPSA) is 267 Å². The van der Waals surface area contributed by atoms with Gasteiger partial charge in [0.25, 0.3) is 0 Å². The van der Waals surface area contributed by atoms with Crippen LogP contribution in [-0.2, 0) is 40.0 Å². The van der Waals surface area contributed by atoms with Gasteiger partial charge in [-0.3, -0.25) is 20.1 Å². The number of hydrogen-bond donors (Lipinski definition) is 11. The molecule has 12 N–H and O–H groups in total. The summed E-state index contributed by atoms with van der Waals surface area (Å²) in [7, 11) is 0. The number of nitrogens with zero attached hydrogens (tertiary/aromatic N) is 3. The lowest BCUT2D eigenvalue weighted by Gasteiger charge is -2.66. The second-order valence-corrected chi connectivity index (χ2v) is 32.7. The van der Waals surface area contributed by atoms with Crippen molar-refractivity contribution >= 4 is 22.8 Å². The van der Waals surface area contributed by atoms with Crippen LogP contribution in [0.3, 0.4) is 0 Å². The molecule has 0 radical (unpaired) electrons. The van der Waals surface area contributed by atoms with E-state index < -0.39 is 65.1 Å². The number of nitrogens with one attached hydrogen (secondary N) is 6. The third kappa shape index (κ3) is 11.0. The number of esters is 1. The van der Waals surface area contributed by atoms with Gasteiger partial charge in [0.15, 0.2) is 29.0 Å². The fraction of sp³-hybridized carbons (Fsp3) is 0.536. The zero-order valence-electron chi connectivity index (χ0n) is 59.2. The number of aliphatic imine (C=N–C) groups is 1. The number of carbonyl (C=O) groups excluding carboxylic acids is 1. The zero-order chi connectivity index (χ0) is 70.0. The third-order valence-electron chi connectivity index (χ3n) is 27.3. The van der Waals surface area contributed by atoms with Crippen LogP contribution < -0.4 is 41.8 Å². The second kappa shape index (κ2) is 25.9. The molecule has 538 valence electrons. The molecule has 17 atom stereocenters. The van der Waals surface area contributed by atoms with E-state index in [4.69, 9.17) is 29.7 Å². The summed E-state index contributed by atoms with van der Waals surface area (Å²) in [6.45, 7) is 5.95. The van der Waals surface area contributed by atoms with Gasteiger partial charge in [-0.05, 0) is 188 Å². The van der Waals surface area contributed by atoms with Crippen LogP contribution in [-0.4, -0.2) is 109 Å². The molecule has 2 saturated heterocycles. The van der Waals surface area contributed by atoms with E-state index in [9.17, 15) is 25.2 Å². The smallest absolute Gasteiger partial charge is 0.302 e. The average molecular weight is 1390 g/mol. The van der Waals surface area contributed by atoms with E-state index in [1.807, 2.05) is 30.5 Å². The van der Waals surface area contributed by atoms with Crippen molar-refractivity contribution in [1.29, 1.82) is 0 Å². The molecule has 6 fully saturated rings. The van der Waals surface area contributed by atoms with E-state index in [1.54, 1.807) is 24.5 Å². The third-order valence-corrected chi connectivity index (χ3v) is 27.3. The van der Waals surface area contributed by atoms with E-state index in [-0.39, 0.29) is 76.7 Å². The fourth-order valence-corrected chi connectivity index (χ4v) is 23.1. The highest BCUT2D eigenvalue weighted by molar-refractivity contribution is 5.85. The highest BCUT2D eigenvalue weighted by Crippen LogP contribution is 2.75. The summed E-state index contributed by atoms with van der Waals surface area (Å²) in [6.07, 6.45) is 23.6. The maximum atomic E-state index is 14.6. The Morgan fingerprint density at radius 1 is 0.951 bits per heavy atom. The lowest BCUT2D eigenvalue weighted by atomic mass is 9.49. The Balaban J connectivity index is 0.848. The molecule has 9 bridgehead atoms. The summed E-state index contributed by atoms with van der Waals surface area (Å²) < 4.78 is 30.4. The zero-order valence-corrected chi connectivity index (χ0v) is 59.2. The number of H-pyrrole nitrogens is 1. The number of benzene rings is 3. The first-order chi connectivity index (χ1) is 50.1. The number of aliphatic hydroxyl groups is 1. The Hall–Kier alpha value is -8.59. The molecule has 5 aliphatic carbocycles. The van der Waals surface area contributed by atoms with Crippen molar-refractivity contribution in [1.82, 2.24) is 41.1 Å². The Bertz CT molecular complexity index is 4530. The predicted octanol–water partition coefficient (Wildman–Crippen LogP) is 11.2. The van der Waals surface area contributed by atoms with Gasteiger partial charge < -0.3 is 75.9 Å². The van der Waals surface area contributed by atoms with Crippen LogP contribution in [0.5, 0.6) is 28.7 Å². The molecule has 18 rings (SSSR count). The number of carbonyl (C=O) groups is 1. The number of hydrogen-bond acceptors (Lipinski definition) is 17. The Morgan fingerprint density at radius 3 is 2.67 bits per heavy atom.